The van der Waals surface area contributed by atoms with E-state index in [4.69, 9.17) is 9.47 Å². The number of esters is 1. The summed E-state index contributed by atoms with van der Waals surface area (Å²) >= 11 is 1.36. The zero-order valence-electron chi connectivity index (χ0n) is 17.6. The van der Waals surface area contributed by atoms with E-state index in [9.17, 15) is 14.4 Å². The third-order valence-electron chi connectivity index (χ3n) is 5.63. The first-order chi connectivity index (χ1) is 13.7. The second-order valence-electron chi connectivity index (χ2n) is 8.73. The van der Waals surface area contributed by atoms with Gasteiger partial charge in [0.05, 0.1) is 19.4 Å². The highest BCUT2D eigenvalue weighted by atomic mass is 32.1. The summed E-state index contributed by atoms with van der Waals surface area (Å²) < 4.78 is 10.1. The van der Waals surface area contributed by atoms with E-state index in [2.05, 4.69) is 26.1 Å². The lowest BCUT2D eigenvalue weighted by atomic mass is 9.84. The van der Waals surface area contributed by atoms with Gasteiger partial charge in [0.1, 0.15) is 11.5 Å². The van der Waals surface area contributed by atoms with E-state index in [1.807, 2.05) is 11.0 Å². The highest BCUT2D eigenvalue weighted by Crippen LogP contribution is 2.37. The van der Waals surface area contributed by atoms with Crippen LogP contribution in [0.1, 0.15) is 61.0 Å². The number of morpholine rings is 1. The molecule has 2 aliphatic rings. The molecule has 0 radical (unpaired) electrons. The van der Waals surface area contributed by atoms with Crippen molar-refractivity contribution in [3.8, 4) is 0 Å². The van der Waals surface area contributed by atoms with Crippen LogP contribution in [0.4, 0.5) is 5.69 Å². The Bertz CT molecular complexity index is 775. The fraction of sp³-hybridized carbons (Fsp3) is 0.667. The van der Waals surface area contributed by atoms with Crippen LogP contribution in [0.25, 0.3) is 0 Å². The van der Waals surface area contributed by atoms with Gasteiger partial charge in [0.25, 0.3) is 0 Å². The van der Waals surface area contributed by atoms with Crippen LogP contribution in [-0.2, 0) is 24.5 Å². The zero-order valence-corrected chi connectivity index (χ0v) is 18.4. The monoisotopic (exact) mass is 422 g/mol. The molecule has 2 fully saturated rings. The van der Waals surface area contributed by atoms with Gasteiger partial charge in [0.2, 0.25) is 11.8 Å². The first-order valence-corrected chi connectivity index (χ1v) is 10.9. The molecule has 0 spiro atoms. The fourth-order valence-corrected chi connectivity index (χ4v) is 4.99. The Kier molecular flexibility index (Phi) is 6.63. The Balaban J connectivity index is 1.64. The molecule has 8 heteroatoms. The molecule has 29 heavy (non-hydrogen) atoms. The summed E-state index contributed by atoms with van der Waals surface area (Å²) in [5.74, 6) is -0.582. The molecule has 1 aromatic heterocycles. The molecule has 1 saturated heterocycles. The highest BCUT2D eigenvalue weighted by Gasteiger charge is 2.33. The molecular formula is C21H30N2O5S. The topological polar surface area (TPSA) is 84.9 Å². The number of thiophene rings is 1. The average molecular weight is 423 g/mol. The van der Waals surface area contributed by atoms with E-state index >= 15 is 0 Å². The van der Waals surface area contributed by atoms with Gasteiger partial charge in [-0.1, -0.05) is 20.8 Å². The maximum atomic E-state index is 12.9. The Morgan fingerprint density at radius 1 is 1.24 bits per heavy atom. The van der Waals surface area contributed by atoms with Gasteiger partial charge in [-0.25, -0.2) is 4.79 Å². The van der Waals surface area contributed by atoms with Crippen molar-refractivity contribution in [2.24, 2.45) is 5.92 Å². The molecule has 1 saturated carbocycles. The predicted molar refractivity (Wildman–Crippen MR) is 111 cm³/mol. The van der Waals surface area contributed by atoms with Crippen molar-refractivity contribution in [1.82, 2.24) is 4.90 Å². The number of nitrogens with one attached hydrogen (secondary N) is 1. The number of anilines is 1. The van der Waals surface area contributed by atoms with E-state index in [-0.39, 0.29) is 35.8 Å². The number of amides is 2. The summed E-state index contributed by atoms with van der Waals surface area (Å²) in [7, 11) is 1.35. The normalized spacial score (nSPS) is 23.0. The largest absolute Gasteiger partial charge is 0.465 e. The van der Waals surface area contributed by atoms with Crippen LogP contribution in [-0.4, -0.2) is 55.6 Å². The van der Waals surface area contributed by atoms with Crippen molar-refractivity contribution < 1.29 is 23.9 Å². The molecule has 160 valence electrons. The number of methoxy groups -OCH3 is 1. The van der Waals surface area contributed by atoms with Crippen LogP contribution >= 0.6 is 11.3 Å². The van der Waals surface area contributed by atoms with Crippen LogP contribution in [0.15, 0.2) is 6.07 Å². The van der Waals surface area contributed by atoms with Gasteiger partial charge in [0, 0.05) is 23.4 Å². The predicted octanol–water partition coefficient (Wildman–Crippen LogP) is 3.19. The van der Waals surface area contributed by atoms with Gasteiger partial charge in [-0.05, 0) is 37.2 Å². The lowest BCUT2D eigenvalue weighted by molar-refractivity contribution is -0.146. The molecule has 1 aromatic rings. The van der Waals surface area contributed by atoms with Gasteiger partial charge >= 0.3 is 5.97 Å². The molecule has 7 nitrogen and oxygen atoms in total. The molecule has 1 N–H and O–H groups in total. The maximum Gasteiger partial charge on any atom is 0.350 e. The summed E-state index contributed by atoms with van der Waals surface area (Å²) in [6.45, 7) is 7.58. The number of hydrogen-bond acceptors (Lipinski definition) is 6. The van der Waals surface area contributed by atoms with Crippen molar-refractivity contribution in [3.05, 3.63) is 15.8 Å². The summed E-state index contributed by atoms with van der Waals surface area (Å²) in [6, 6.07) is 2.07. The minimum atomic E-state index is -0.435. The number of rotatable bonds is 4. The van der Waals surface area contributed by atoms with Crippen LogP contribution in [0, 0.1) is 5.92 Å². The highest BCUT2D eigenvalue weighted by molar-refractivity contribution is 7.14. The van der Waals surface area contributed by atoms with Gasteiger partial charge in [-0.15, -0.1) is 11.3 Å². The Labute approximate surface area is 175 Å². The van der Waals surface area contributed by atoms with E-state index < -0.39 is 5.97 Å². The second kappa shape index (κ2) is 8.83. The maximum absolute atomic E-state index is 12.9. The van der Waals surface area contributed by atoms with E-state index in [0.29, 0.717) is 23.7 Å². The number of carbonyl (C=O) groups is 3. The fourth-order valence-electron chi connectivity index (χ4n) is 3.90. The molecule has 0 unspecified atom stereocenters. The molecule has 2 heterocycles. The van der Waals surface area contributed by atoms with Crippen molar-refractivity contribution in [3.63, 3.8) is 0 Å². The molecule has 0 atom stereocenters. The lowest BCUT2D eigenvalue weighted by Crippen LogP contribution is -2.49. The van der Waals surface area contributed by atoms with E-state index in [0.717, 1.165) is 30.6 Å². The summed E-state index contributed by atoms with van der Waals surface area (Å²) in [4.78, 5) is 40.4. The number of carbonyl (C=O) groups excluding carboxylic acids is 3. The summed E-state index contributed by atoms with van der Waals surface area (Å²) in [6.07, 6.45) is 3.07. The zero-order chi connectivity index (χ0) is 21.2. The molecular weight excluding hydrogens is 392 g/mol. The standard InChI is InChI=1S/C21H30N2O5S/c1-21(2,3)16-11-15(18(29-16)20(26)27-4)22-19(25)13-5-7-14(8-6-13)23-9-10-28-12-17(23)24/h11,13-14H,5-10,12H2,1-4H3,(H,22,25). The Hall–Kier alpha value is -1.93. The van der Waals surface area contributed by atoms with Crippen LogP contribution < -0.4 is 5.32 Å². The van der Waals surface area contributed by atoms with E-state index in [1.165, 1.54) is 18.4 Å². The molecule has 1 aliphatic carbocycles. The second-order valence-corrected chi connectivity index (χ2v) is 9.78. The van der Waals surface area contributed by atoms with Crippen LogP contribution in [0.2, 0.25) is 0 Å². The number of ether oxygens (including phenoxy) is 2. The first kappa shape index (κ1) is 21.8. The summed E-state index contributed by atoms with van der Waals surface area (Å²) in [5, 5.41) is 2.96. The number of nitrogens with zero attached hydrogens (tertiary/aromatic N) is 1. The Morgan fingerprint density at radius 2 is 1.93 bits per heavy atom. The third kappa shape index (κ3) is 4.98. The lowest BCUT2D eigenvalue weighted by Gasteiger charge is -2.38. The van der Waals surface area contributed by atoms with Crippen molar-refractivity contribution in [2.45, 2.75) is 57.9 Å². The number of hydrogen-bond donors (Lipinski definition) is 1. The molecule has 2 amide bonds. The SMILES string of the molecule is COC(=O)c1sc(C(C)(C)C)cc1NC(=O)C1CCC(N2CCOCC2=O)CC1. The van der Waals surface area contributed by atoms with Gasteiger partial charge in [0.15, 0.2) is 0 Å². The first-order valence-electron chi connectivity index (χ1n) is 10.1. The average Bonchev–Trinajstić information content (AvgIpc) is 3.12. The molecule has 0 aromatic carbocycles. The quantitative estimate of drug-likeness (QED) is 0.754. The minimum Gasteiger partial charge on any atom is -0.465 e. The smallest absolute Gasteiger partial charge is 0.350 e. The van der Waals surface area contributed by atoms with Gasteiger partial charge in [-0.2, -0.15) is 0 Å². The van der Waals surface area contributed by atoms with Gasteiger partial charge in [-0.3, -0.25) is 9.59 Å². The molecule has 3 rings (SSSR count). The van der Waals surface area contributed by atoms with Gasteiger partial charge < -0.3 is 19.7 Å². The van der Waals surface area contributed by atoms with Crippen molar-refractivity contribution >= 4 is 34.8 Å². The molecule has 0 bridgehead atoms. The van der Waals surface area contributed by atoms with Crippen LogP contribution in [0.3, 0.4) is 0 Å². The Morgan fingerprint density at radius 3 is 2.52 bits per heavy atom. The minimum absolute atomic E-state index is 0.0415. The van der Waals surface area contributed by atoms with Crippen molar-refractivity contribution in [2.75, 3.05) is 32.2 Å². The van der Waals surface area contributed by atoms with Crippen molar-refractivity contribution in [1.29, 1.82) is 0 Å². The third-order valence-corrected chi connectivity index (χ3v) is 7.17. The molecule has 1 aliphatic heterocycles. The summed E-state index contributed by atoms with van der Waals surface area (Å²) in [5.41, 5.74) is 0.404. The van der Waals surface area contributed by atoms with Crippen LogP contribution in [0.5, 0.6) is 0 Å². The van der Waals surface area contributed by atoms with E-state index in [1.54, 1.807) is 0 Å².